The quantitative estimate of drug-likeness (QED) is 0.162. The first-order valence-corrected chi connectivity index (χ1v) is 15.7. The fraction of sp³-hybridized carbons (Fsp3) is 0.179. The van der Waals surface area contributed by atoms with E-state index in [4.69, 9.17) is 13.6 Å². The molecule has 15 heteroatoms. The van der Waals surface area contributed by atoms with Crippen LogP contribution in [-0.4, -0.2) is 49.6 Å². The number of rotatable bonds is 9. The van der Waals surface area contributed by atoms with E-state index >= 15 is 0 Å². The Labute approximate surface area is 246 Å². The van der Waals surface area contributed by atoms with Gasteiger partial charge in [-0.1, -0.05) is 17.3 Å². The molecule has 0 amide bonds. The van der Waals surface area contributed by atoms with Crippen molar-refractivity contribution in [3.63, 3.8) is 0 Å². The molecule has 1 atom stereocenters. The van der Waals surface area contributed by atoms with Crippen molar-refractivity contribution < 1.29 is 46.4 Å². The van der Waals surface area contributed by atoms with Crippen molar-refractivity contribution in [2.75, 3.05) is 24.3 Å². The maximum absolute atomic E-state index is 13.7. The lowest BCUT2D eigenvalue weighted by Crippen LogP contribution is -2.22. The average Bonchev–Trinajstić information content (AvgIpc) is 3.29. The van der Waals surface area contributed by atoms with Crippen LogP contribution in [0.5, 0.6) is 11.5 Å². The van der Waals surface area contributed by atoms with Crippen LogP contribution in [0.2, 0.25) is 0 Å². The third-order valence-corrected chi connectivity index (χ3v) is 10.5. The molecule has 1 aliphatic rings. The highest BCUT2D eigenvalue weighted by atomic mass is 32.2. The molecule has 3 aromatic carbocycles. The molecule has 0 radical (unpaired) electrons. The van der Waals surface area contributed by atoms with E-state index in [1.165, 1.54) is 48.5 Å². The van der Waals surface area contributed by atoms with Crippen molar-refractivity contribution in [3.05, 3.63) is 93.7 Å². The Morgan fingerprint density at radius 2 is 1.56 bits per heavy atom. The Morgan fingerprint density at radius 1 is 0.907 bits per heavy atom. The Bertz CT molecular complexity index is 1930. The molecule has 0 spiro atoms. The van der Waals surface area contributed by atoms with Gasteiger partial charge in [-0.05, 0) is 61.9 Å². The molecule has 4 aromatic rings. The highest BCUT2D eigenvalue weighted by molar-refractivity contribution is 7.92. The van der Waals surface area contributed by atoms with Crippen LogP contribution < -0.4 is 10.0 Å². The molecule has 13 nitrogen and oxygen atoms in total. The Morgan fingerprint density at radius 3 is 2.16 bits per heavy atom. The zero-order valence-corrected chi connectivity index (χ0v) is 24.9. The zero-order valence-electron chi connectivity index (χ0n) is 23.2. The summed E-state index contributed by atoms with van der Waals surface area (Å²) in [4.78, 5) is 26.4. The maximum atomic E-state index is 13.7. The van der Waals surface area contributed by atoms with Gasteiger partial charge in [0.15, 0.2) is 11.6 Å². The Kier molecular flexibility index (Phi) is 7.65. The number of aromatic hydroxyl groups is 2. The van der Waals surface area contributed by atoms with Gasteiger partial charge in [-0.2, -0.15) is 0 Å². The predicted octanol–water partition coefficient (Wildman–Crippen LogP) is 4.88. The van der Waals surface area contributed by atoms with Crippen molar-refractivity contribution in [2.45, 2.75) is 24.5 Å². The van der Waals surface area contributed by atoms with Crippen LogP contribution in [0.25, 0.3) is 0 Å². The molecular weight excluding hydrogens is 601 g/mol. The lowest BCUT2D eigenvalue weighted by molar-refractivity contribution is 0.0974. The molecule has 0 fully saturated rings. The van der Waals surface area contributed by atoms with E-state index in [1.54, 1.807) is 13.8 Å². The zero-order chi connectivity index (χ0) is 31.3. The molecule has 1 unspecified atom stereocenters. The molecule has 1 heterocycles. The SMILES string of the molecule is COP(=O)(OC)C(Nc1ccc(S(=O)(=O)Nc2onc(C)c2C)cc1)c1cc(O)c2c(c1)C(=O)c1cccc(O)c1C2=O. The third kappa shape index (κ3) is 5.19. The number of aromatic nitrogens is 1. The van der Waals surface area contributed by atoms with Gasteiger partial charge in [-0.15, -0.1) is 0 Å². The Balaban J connectivity index is 1.51. The number of carbonyl (C=O) groups excluding carboxylic acids is 2. The normalized spacial score (nSPS) is 13.8. The van der Waals surface area contributed by atoms with Gasteiger partial charge in [-0.25, -0.2) is 13.1 Å². The average molecular weight is 628 g/mol. The first kappa shape index (κ1) is 30.0. The van der Waals surface area contributed by atoms with Crippen LogP contribution in [0.4, 0.5) is 11.6 Å². The number of aryl methyl sites for hydroxylation is 1. The van der Waals surface area contributed by atoms with Crippen LogP contribution in [-0.2, 0) is 23.6 Å². The standard InChI is InChI=1S/C28H26N3O10PS/c1-14-15(2)30-41-27(14)31-43(37,38)18-10-8-17(9-11-18)29-28(42(36,39-3)40-4)16-12-20-24(22(33)13-16)26(35)23-19(25(20)34)6-5-7-21(23)32/h5-13,28-29,31-33H,1-4H3. The minimum atomic E-state index is -4.05. The molecule has 43 heavy (non-hydrogen) atoms. The summed E-state index contributed by atoms with van der Waals surface area (Å²) in [6.45, 7) is 3.33. The van der Waals surface area contributed by atoms with Crippen molar-refractivity contribution in [1.29, 1.82) is 0 Å². The molecular formula is C28H26N3O10PS. The first-order chi connectivity index (χ1) is 20.3. The predicted molar refractivity (Wildman–Crippen MR) is 154 cm³/mol. The highest BCUT2D eigenvalue weighted by Crippen LogP contribution is 2.60. The summed E-state index contributed by atoms with van der Waals surface area (Å²) in [5.41, 5.74) is 0.651. The topological polar surface area (TPSA) is 194 Å². The summed E-state index contributed by atoms with van der Waals surface area (Å²) < 4.78 is 57.3. The number of nitrogens with one attached hydrogen (secondary N) is 2. The number of nitrogens with zero attached hydrogens (tertiary/aromatic N) is 1. The van der Waals surface area contributed by atoms with Gasteiger partial charge in [-0.3, -0.25) is 14.2 Å². The number of ketones is 2. The number of anilines is 2. The van der Waals surface area contributed by atoms with Crippen molar-refractivity contribution in [3.8, 4) is 11.5 Å². The fourth-order valence-electron chi connectivity index (χ4n) is 4.67. The Hall–Kier alpha value is -4.49. The number of sulfonamides is 1. The van der Waals surface area contributed by atoms with Crippen molar-refractivity contribution >= 4 is 40.8 Å². The number of hydrogen-bond acceptors (Lipinski definition) is 12. The third-order valence-electron chi connectivity index (χ3n) is 7.12. The largest absolute Gasteiger partial charge is 0.507 e. The van der Waals surface area contributed by atoms with Crippen LogP contribution >= 0.6 is 7.60 Å². The summed E-state index contributed by atoms with van der Waals surface area (Å²) in [6, 6.07) is 11.9. The van der Waals surface area contributed by atoms with Gasteiger partial charge in [0.25, 0.3) is 10.0 Å². The van der Waals surface area contributed by atoms with Crippen LogP contribution in [0.15, 0.2) is 64.0 Å². The van der Waals surface area contributed by atoms with Crippen molar-refractivity contribution in [1.82, 2.24) is 5.16 Å². The van der Waals surface area contributed by atoms with Gasteiger partial charge in [0.05, 0.1) is 21.7 Å². The van der Waals surface area contributed by atoms with Crippen LogP contribution in [0.3, 0.4) is 0 Å². The summed E-state index contributed by atoms with van der Waals surface area (Å²) >= 11 is 0. The van der Waals surface area contributed by atoms with Crippen molar-refractivity contribution in [2.24, 2.45) is 0 Å². The van der Waals surface area contributed by atoms with Gasteiger partial charge in [0, 0.05) is 36.6 Å². The van der Waals surface area contributed by atoms with E-state index in [1.807, 2.05) is 0 Å². The van der Waals surface area contributed by atoms with Crippen LogP contribution in [0, 0.1) is 13.8 Å². The number of phenols is 2. The summed E-state index contributed by atoms with van der Waals surface area (Å²) in [5.74, 6) is -3.72. The number of carbonyl (C=O) groups is 2. The summed E-state index contributed by atoms with van der Waals surface area (Å²) in [6.07, 6.45) is 0. The number of phenolic OH excluding ortho intramolecular Hbond substituents is 2. The maximum Gasteiger partial charge on any atom is 0.356 e. The fourth-order valence-corrected chi connectivity index (χ4v) is 7.11. The molecule has 4 N–H and O–H groups in total. The molecule has 1 aliphatic carbocycles. The molecule has 5 rings (SSSR count). The number of hydrogen-bond donors (Lipinski definition) is 4. The molecule has 224 valence electrons. The van der Waals surface area contributed by atoms with Gasteiger partial charge in [0.2, 0.25) is 11.7 Å². The number of fused-ring (bicyclic) bond motifs is 2. The second-order valence-corrected chi connectivity index (χ2v) is 13.6. The lowest BCUT2D eigenvalue weighted by atomic mass is 9.82. The summed E-state index contributed by atoms with van der Waals surface area (Å²) in [7, 11) is -5.79. The van der Waals surface area contributed by atoms with E-state index in [9.17, 15) is 32.8 Å². The number of benzene rings is 3. The lowest BCUT2D eigenvalue weighted by Gasteiger charge is -2.28. The van der Waals surface area contributed by atoms with E-state index in [0.717, 1.165) is 20.3 Å². The summed E-state index contributed by atoms with van der Waals surface area (Å²) in [5, 5.41) is 27.8. The van der Waals surface area contributed by atoms with Gasteiger partial charge >= 0.3 is 7.60 Å². The van der Waals surface area contributed by atoms with E-state index in [-0.39, 0.29) is 44.3 Å². The van der Waals surface area contributed by atoms with Gasteiger partial charge in [0.1, 0.15) is 11.5 Å². The highest BCUT2D eigenvalue weighted by Gasteiger charge is 2.40. The smallest absolute Gasteiger partial charge is 0.356 e. The first-order valence-electron chi connectivity index (χ1n) is 12.6. The minimum absolute atomic E-state index is 0.0148. The van der Waals surface area contributed by atoms with Crippen LogP contribution in [0.1, 0.15) is 54.4 Å². The molecule has 0 bridgehead atoms. The molecule has 1 aromatic heterocycles. The second-order valence-electron chi connectivity index (χ2n) is 9.62. The van der Waals surface area contributed by atoms with E-state index in [0.29, 0.717) is 11.3 Å². The molecule has 0 saturated heterocycles. The molecule has 0 aliphatic heterocycles. The monoisotopic (exact) mass is 627 g/mol. The second kappa shape index (κ2) is 11.0. The minimum Gasteiger partial charge on any atom is -0.507 e. The molecule has 0 saturated carbocycles. The van der Waals surface area contributed by atoms with Gasteiger partial charge < -0.3 is 29.1 Å². The van der Waals surface area contributed by atoms with E-state index < -0.39 is 46.5 Å². The van der Waals surface area contributed by atoms with E-state index in [2.05, 4.69) is 15.2 Å².